The van der Waals surface area contributed by atoms with E-state index in [9.17, 15) is 14.9 Å². The summed E-state index contributed by atoms with van der Waals surface area (Å²) in [5.41, 5.74) is 0.549. The number of nitrogens with zero attached hydrogens (tertiary/aromatic N) is 5. The van der Waals surface area contributed by atoms with Crippen molar-refractivity contribution < 1.29 is 14.2 Å². The van der Waals surface area contributed by atoms with E-state index in [1.807, 2.05) is 0 Å². The van der Waals surface area contributed by atoms with Crippen LogP contribution in [-0.4, -0.2) is 70.5 Å². The van der Waals surface area contributed by atoms with Crippen molar-refractivity contribution in [3.05, 3.63) is 46.0 Å². The highest BCUT2D eigenvalue weighted by Crippen LogP contribution is 2.49. The summed E-state index contributed by atoms with van der Waals surface area (Å²) < 4.78 is 16.4. The van der Waals surface area contributed by atoms with Gasteiger partial charge in [0.2, 0.25) is 5.79 Å². The number of halogens is 1. The Labute approximate surface area is 145 Å². The Balaban J connectivity index is 2.04. The van der Waals surface area contributed by atoms with Crippen LogP contribution in [-0.2, 0) is 0 Å². The van der Waals surface area contributed by atoms with Gasteiger partial charge in [0.1, 0.15) is 0 Å². The van der Waals surface area contributed by atoms with Crippen molar-refractivity contribution in [2.24, 2.45) is 5.92 Å². The molecular formula is C16H22FN5O3. The Morgan fingerprint density at radius 2 is 1.76 bits per heavy atom. The van der Waals surface area contributed by atoms with E-state index in [-0.39, 0.29) is 25.9 Å². The molecule has 0 spiro atoms. The number of carbonyl (C=O) groups is 1. The molecule has 2 fully saturated rings. The predicted molar refractivity (Wildman–Crippen MR) is 88.4 cm³/mol. The van der Waals surface area contributed by atoms with Gasteiger partial charge < -0.3 is 9.80 Å². The fourth-order valence-corrected chi connectivity index (χ4v) is 3.87. The molecule has 3 rings (SSSR count). The first-order valence-corrected chi connectivity index (χ1v) is 8.13. The topological polar surface area (TPSA) is 73.2 Å². The second kappa shape index (κ2) is 6.14. The van der Waals surface area contributed by atoms with Crippen molar-refractivity contribution in [2.45, 2.75) is 18.8 Å². The predicted octanol–water partition coefficient (Wildman–Crippen LogP) is 1.75. The molecule has 2 saturated heterocycles. The third-order valence-corrected chi connectivity index (χ3v) is 5.06. The molecule has 2 aliphatic rings. The first-order chi connectivity index (χ1) is 11.8. The van der Waals surface area contributed by atoms with Crippen molar-refractivity contribution >= 4 is 6.03 Å². The first-order valence-electron chi connectivity index (χ1n) is 8.13. The van der Waals surface area contributed by atoms with Crippen LogP contribution in [0.2, 0.25) is 0 Å². The van der Waals surface area contributed by atoms with Crippen molar-refractivity contribution in [3.8, 4) is 0 Å². The molecule has 0 radical (unpaired) electrons. The quantitative estimate of drug-likeness (QED) is 0.471. The van der Waals surface area contributed by atoms with Crippen molar-refractivity contribution in [3.63, 3.8) is 0 Å². The normalized spacial score (nSPS) is 30.9. The Hall–Kier alpha value is -2.42. The van der Waals surface area contributed by atoms with Gasteiger partial charge in [0, 0.05) is 20.0 Å². The Bertz CT molecular complexity index is 661. The van der Waals surface area contributed by atoms with E-state index in [2.05, 4.69) is 0 Å². The first kappa shape index (κ1) is 17.4. The molecule has 0 bridgehead atoms. The summed E-state index contributed by atoms with van der Waals surface area (Å²) in [5, 5.41) is 12.0. The molecule has 2 amide bonds. The summed E-state index contributed by atoms with van der Waals surface area (Å²) in [6.07, 6.45) is 0. The fraction of sp³-hybridized carbons (Fsp3) is 0.562. The molecule has 0 saturated carbocycles. The molecule has 2 heterocycles. The second-order valence-corrected chi connectivity index (χ2v) is 6.80. The highest BCUT2D eigenvalue weighted by atomic mass is 19.1. The summed E-state index contributed by atoms with van der Waals surface area (Å²) >= 11 is 0. The molecule has 9 heteroatoms. The zero-order chi connectivity index (χ0) is 18.4. The largest absolute Gasteiger partial charge is 0.321 e. The number of rotatable bonds is 3. The van der Waals surface area contributed by atoms with E-state index < -0.39 is 22.8 Å². The molecule has 0 aromatic heterocycles. The Kier molecular flexibility index (Phi) is 4.28. The molecule has 1 aromatic rings. The number of hydrazine groups is 1. The number of benzene rings is 1. The molecule has 25 heavy (non-hydrogen) atoms. The molecule has 1 aromatic carbocycles. The average Bonchev–Trinajstić information content (AvgIpc) is 2.86. The summed E-state index contributed by atoms with van der Waals surface area (Å²) in [4.78, 5) is 27.9. The molecule has 0 aliphatic carbocycles. The highest BCUT2D eigenvalue weighted by Gasteiger charge is 2.62. The summed E-state index contributed by atoms with van der Waals surface area (Å²) in [6.45, 7) is 1.84. The molecule has 2 aliphatic heterocycles. The zero-order valence-corrected chi connectivity index (χ0v) is 14.5. The van der Waals surface area contributed by atoms with Gasteiger partial charge in [-0.25, -0.2) is 24.2 Å². The summed E-state index contributed by atoms with van der Waals surface area (Å²) in [7, 11) is 3.19. The maximum Gasteiger partial charge on any atom is 0.321 e. The molecule has 8 nitrogen and oxygen atoms in total. The lowest BCUT2D eigenvalue weighted by Gasteiger charge is -2.47. The van der Waals surface area contributed by atoms with Crippen LogP contribution in [0.15, 0.2) is 30.3 Å². The van der Waals surface area contributed by atoms with Gasteiger partial charge in [0.15, 0.2) is 11.1 Å². The monoisotopic (exact) mass is 351 g/mol. The lowest BCUT2D eigenvalue weighted by molar-refractivity contribution is -0.663. The number of urea groups is 1. The van der Waals surface area contributed by atoms with E-state index in [1.165, 1.54) is 14.7 Å². The number of hydrogen-bond donors (Lipinski definition) is 0. The SMILES string of the molecule is C[C@@H]1CN([N+](=O)[O-])C(c2ccccc2)[C@]1(F)N1CN(C)C(=O)N(C)C1. The van der Waals surface area contributed by atoms with Crippen LogP contribution in [0.3, 0.4) is 0 Å². The minimum Gasteiger partial charge on any atom is -0.315 e. The third kappa shape index (κ3) is 2.68. The summed E-state index contributed by atoms with van der Waals surface area (Å²) in [5.74, 6) is -2.57. The van der Waals surface area contributed by atoms with Gasteiger partial charge in [-0.05, 0) is 5.56 Å². The van der Waals surface area contributed by atoms with Crippen LogP contribution in [0.5, 0.6) is 0 Å². The fourth-order valence-electron chi connectivity index (χ4n) is 3.87. The lowest BCUT2D eigenvalue weighted by Crippen LogP contribution is -2.64. The molecular weight excluding hydrogens is 329 g/mol. The van der Waals surface area contributed by atoms with Crippen LogP contribution in [0.25, 0.3) is 0 Å². The molecule has 0 N–H and O–H groups in total. The van der Waals surface area contributed by atoms with Gasteiger partial charge >= 0.3 is 6.03 Å². The van der Waals surface area contributed by atoms with E-state index in [0.717, 1.165) is 5.01 Å². The Morgan fingerprint density at radius 1 is 1.20 bits per heavy atom. The zero-order valence-electron chi connectivity index (χ0n) is 14.5. The smallest absolute Gasteiger partial charge is 0.315 e. The van der Waals surface area contributed by atoms with Gasteiger partial charge in [-0.2, -0.15) is 0 Å². The standard InChI is InChI=1S/C16H22FN5O3/c1-12-9-21(22(24)25)14(13-7-5-4-6-8-13)16(12,17)20-10-18(2)15(23)19(3)11-20/h4-8,12,14H,9-11H2,1-3H3/t12-,14?,16-/m1/s1. The van der Waals surface area contributed by atoms with Crippen molar-refractivity contribution in [1.29, 1.82) is 0 Å². The minimum absolute atomic E-state index is 0.000929. The lowest BCUT2D eigenvalue weighted by atomic mass is 9.91. The minimum atomic E-state index is -1.97. The van der Waals surface area contributed by atoms with E-state index in [0.29, 0.717) is 5.56 Å². The summed E-state index contributed by atoms with van der Waals surface area (Å²) in [6, 6.07) is 7.44. The van der Waals surface area contributed by atoms with E-state index >= 15 is 4.39 Å². The van der Waals surface area contributed by atoms with Crippen LogP contribution < -0.4 is 0 Å². The van der Waals surface area contributed by atoms with Crippen molar-refractivity contribution in [1.82, 2.24) is 19.7 Å². The van der Waals surface area contributed by atoms with Gasteiger partial charge in [0.05, 0.1) is 19.9 Å². The maximum absolute atomic E-state index is 16.4. The average molecular weight is 351 g/mol. The van der Waals surface area contributed by atoms with Crippen LogP contribution >= 0.6 is 0 Å². The highest BCUT2D eigenvalue weighted by molar-refractivity contribution is 5.74. The van der Waals surface area contributed by atoms with Gasteiger partial charge in [-0.1, -0.05) is 37.3 Å². The number of hydrogen-bond acceptors (Lipinski definition) is 4. The van der Waals surface area contributed by atoms with Crippen LogP contribution in [0, 0.1) is 16.0 Å². The Morgan fingerprint density at radius 3 is 2.28 bits per heavy atom. The third-order valence-electron chi connectivity index (χ3n) is 5.06. The molecule has 136 valence electrons. The number of amides is 2. The molecule has 1 unspecified atom stereocenters. The van der Waals surface area contributed by atoms with Crippen LogP contribution in [0.1, 0.15) is 18.5 Å². The maximum atomic E-state index is 16.4. The number of alkyl halides is 1. The van der Waals surface area contributed by atoms with Gasteiger partial charge in [0.25, 0.3) is 0 Å². The number of nitro groups is 1. The van der Waals surface area contributed by atoms with E-state index in [1.54, 1.807) is 51.4 Å². The number of carbonyl (C=O) groups excluding carboxylic acids is 1. The van der Waals surface area contributed by atoms with Gasteiger partial charge in [-0.3, -0.25) is 0 Å². The van der Waals surface area contributed by atoms with E-state index in [4.69, 9.17) is 0 Å². The van der Waals surface area contributed by atoms with Gasteiger partial charge in [-0.15, -0.1) is 5.01 Å². The molecule has 3 atom stereocenters. The van der Waals surface area contributed by atoms with Crippen LogP contribution in [0.4, 0.5) is 9.18 Å². The van der Waals surface area contributed by atoms with Crippen molar-refractivity contribution in [2.75, 3.05) is 34.0 Å². The second-order valence-electron chi connectivity index (χ2n) is 6.80.